The highest BCUT2D eigenvalue weighted by molar-refractivity contribution is 9.09. The summed E-state index contributed by atoms with van der Waals surface area (Å²) in [7, 11) is 0. The molecule has 66 valence electrons. The highest BCUT2D eigenvalue weighted by atomic mass is 79.9. The molecule has 1 unspecified atom stereocenters. The predicted octanol–water partition coefficient (Wildman–Crippen LogP) is 2.72. The van der Waals surface area contributed by atoms with Crippen molar-refractivity contribution in [3.05, 3.63) is 12.2 Å². The van der Waals surface area contributed by atoms with Gasteiger partial charge in [-0.05, 0) is 26.3 Å². The molecule has 0 aromatic rings. The molecule has 0 spiro atoms. The lowest BCUT2D eigenvalue weighted by molar-refractivity contribution is 0.664. The topological polar surface area (TPSA) is 12.0 Å². The van der Waals surface area contributed by atoms with E-state index < -0.39 is 0 Å². The zero-order chi connectivity index (χ0) is 8.53. The van der Waals surface area contributed by atoms with Gasteiger partial charge >= 0.3 is 0 Å². The van der Waals surface area contributed by atoms with Crippen LogP contribution in [0.1, 0.15) is 26.7 Å². The molecule has 0 bridgehead atoms. The van der Waals surface area contributed by atoms with Gasteiger partial charge in [0.25, 0.3) is 0 Å². The van der Waals surface area contributed by atoms with Crippen LogP contribution < -0.4 is 5.32 Å². The molecule has 11 heavy (non-hydrogen) atoms. The molecule has 0 heterocycles. The van der Waals surface area contributed by atoms with Crippen LogP contribution in [0.5, 0.6) is 0 Å². The fourth-order valence-electron chi connectivity index (χ4n) is 0.766. The first-order valence-electron chi connectivity index (χ1n) is 4.27. The maximum Gasteiger partial charge on any atom is 0.0155 e. The highest BCUT2D eigenvalue weighted by Crippen LogP contribution is 2.07. The van der Waals surface area contributed by atoms with E-state index in [1.165, 1.54) is 12.8 Å². The van der Waals surface area contributed by atoms with Crippen LogP contribution in [0.15, 0.2) is 12.2 Å². The van der Waals surface area contributed by atoms with Crippen molar-refractivity contribution in [1.29, 1.82) is 0 Å². The largest absolute Gasteiger partial charge is 0.313 e. The molecule has 1 nitrogen and oxygen atoms in total. The molecule has 0 saturated heterocycles. The lowest BCUT2D eigenvalue weighted by Crippen LogP contribution is -2.17. The summed E-state index contributed by atoms with van der Waals surface area (Å²) in [5, 5.41) is 3.33. The molecule has 1 atom stereocenters. The molecule has 0 aliphatic carbocycles. The van der Waals surface area contributed by atoms with Crippen molar-refractivity contribution in [2.45, 2.75) is 31.5 Å². The summed E-state index contributed by atoms with van der Waals surface area (Å²) >= 11 is 3.59. The minimum atomic E-state index is 0.681. The molecular weight excluding hydrogens is 202 g/mol. The fourth-order valence-corrected chi connectivity index (χ4v) is 0.995. The Kier molecular flexibility index (Phi) is 8.41. The molecule has 2 heteroatoms. The molecule has 0 aromatic heterocycles. The first-order valence-corrected chi connectivity index (χ1v) is 5.18. The van der Waals surface area contributed by atoms with Crippen LogP contribution in [-0.2, 0) is 0 Å². The Labute approximate surface area is 78.4 Å². The van der Waals surface area contributed by atoms with Crippen molar-refractivity contribution < 1.29 is 0 Å². The van der Waals surface area contributed by atoms with E-state index in [0.29, 0.717) is 4.83 Å². The van der Waals surface area contributed by atoms with Crippen molar-refractivity contribution in [3.63, 3.8) is 0 Å². The Morgan fingerprint density at radius 1 is 1.55 bits per heavy atom. The van der Waals surface area contributed by atoms with E-state index >= 15 is 0 Å². The van der Waals surface area contributed by atoms with Crippen molar-refractivity contribution in [1.82, 2.24) is 5.32 Å². The molecule has 0 saturated carbocycles. The smallest absolute Gasteiger partial charge is 0.0155 e. The van der Waals surface area contributed by atoms with Crippen LogP contribution in [0.25, 0.3) is 0 Å². The third-order valence-corrected chi connectivity index (χ3v) is 2.68. The van der Waals surface area contributed by atoms with Crippen molar-refractivity contribution in [2.75, 3.05) is 13.1 Å². The zero-order valence-electron chi connectivity index (χ0n) is 7.44. The van der Waals surface area contributed by atoms with Gasteiger partial charge in [-0.25, -0.2) is 0 Å². The summed E-state index contributed by atoms with van der Waals surface area (Å²) in [6.45, 7) is 6.35. The van der Waals surface area contributed by atoms with E-state index in [4.69, 9.17) is 0 Å². The molecule has 0 radical (unpaired) electrons. The SMILES string of the molecule is C/C=C/CNCCC(Br)CC. The number of hydrogen-bond donors (Lipinski definition) is 1. The maximum absolute atomic E-state index is 3.59. The Hall–Kier alpha value is 0.180. The van der Waals surface area contributed by atoms with Gasteiger partial charge in [0, 0.05) is 11.4 Å². The van der Waals surface area contributed by atoms with Crippen molar-refractivity contribution >= 4 is 15.9 Å². The fraction of sp³-hybridized carbons (Fsp3) is 0.778. The van der Waals surface area contributed by atoms with E-state index in [1.54, 1.807) is 0 Å². The second-order valence-electron chi connectivity index (χ2n) is 2.57. The second-order valence-corrected chi connectivity index (χ2v) is 3.86. The van der Waals surface area contributed by atoms with Crippen LogP contribution in [-0.4, -0.2) is 17.9 Å². The monoisotopic (exact) mass is 219 g/mol. The minimum absolute atomic E-state index is 0.681. The van der Waals surface area contributed by atoms with Gasteiger partial charge in [-0.3, -0.25) is 0 Å². The summed E-state index contributed by atoms with van der Waals surface area (Å²) in [5.74, 6) is 0. The Bertz CT molecular complexity index is 102. The summed E-state index contributed by atoms with van der Waals surface area (Å²) < 4.78 is 0. The summed E-state index contributed by atoms with van der Waals surface area (Å²) in [6, 6.07) is 0. The predicted molar refractivity (Wildman–Crippen MR) is 55.3 cm³/mol. The van der Waals surface area contributed by atoms with E-state index in [9.17, 15) is 0 Å². The van der Waals surface area contributed by atoms with Gasteiger partial charge in [0.1, 0.15) is 0 Å². The third-order valence-electron chi connectivity index (χ3n) is 1.58. The number of hydrogen-bond acceptors (Lipinski definition) is 1. The lowest BCUT2D eigenvalue weighted by atomic mass is 10.2. The Morgan fingerprint density at radius 3 is 2.82 bits per heavy atom. The van der Waals surface area contributed by atoms with Gasteiger partial charge in [-0.15, -0.1) is 0 Å². The van der Waals surface area contributed by atoms with E-state index in [0.717, 1.165) is 13.1 Å². The van der Waals surface area contributed by atoms with Gasteiger partial charge in [-0.2, -0.15) is 0 Å². The van der Waals surface area contributed by atoms with Gasteiger partial charge in [0.15, 0.2) is 0 Å². The van der Waals surface area contributed by atoms with Crippen LogP contribution in [0.2, 0.25) is 0 Å². The number of rotatable bonds is 6. The Morgan fingerprint density at radius 2 is 2.27 bits per heavy atom. The molecule has 0 rings (SSSR count). The third kappa shape index (κ3) is 8.08. The number of halogens is 1. The first-order chi connectivity index (χ1) is 5.31. The van der Waals surface area contributed by atoms with Crippen LogP contribution in [0.3, 0.4) is 0 Å². The van der Waals surface area contributed by atoms with Gasteiger partial charge in [-0.1, -0.05) is 35.0 Å². The standard InChI is InChI=1S/C9H18BrN/c1-3-5-7-11-8-6-9(10)4-2/h3,5,9,11H,4,6-8H2,1-2H3/b5-3+. The molecular formula is C9H18BrN. The molecule has 0 aliphatic heterocycles. The van der Waals surface area contributed by atoms with Crippen molar-refractivity contribution in [3.8, 4) is 0 Å². The number of nitrogens with one attached hydrogen (secondary N) is 1. The Balaban J connectivity index is 3.01. The molecule has 0 amide bonds. The maximum atomic E-state index is 3.59. The van der Waals surface area contributed by atoms with Gasteiger partial charge in [0.2, 0.25) is 0 Å². The summed E-state index contributed by atoms with van der Waals surface area (Å²) in [6.07, 6.45) is 6.63. The normalized spacial score (nSPS) is 14.1. The van der Waals surface area contributed by atoms with E-state index in [1.807, 2.05) is 6.92 Å². The molecule has 0 fully saturated rings. The van der Waals surface area contributed by atoms with Crippen LogP contribution in [0.4, 0.5) is 0 Å². The lowest BCUT2D eigenvalue weighted by Gasteiger charge is -2.05. The van der Waals surface area contributed by atoms with Crippen LogP contribution >= 0.6 is 15.9 Å². The van der Waals surface area contributed by atoms with Crippen molar-refractivity contribution in [2.24, 2.45) is 0 Å². The van der Waals surface area contributed by atoms with Gasteiger partial charge in [0.05, 0.1) is 0 Å². The summed E-state index contributed by atoms with van der Waals surface area (Å²) in [4.78, 5) is 0.681. The quantitative estimate of drug-likeness (QED) is 0.412. The number of alkyl halides is 1. The summed E-state index contributed by atoms with van der Waals surface area (Å²) in [5.41, 5.74) is 0. The zero-order valence-corrected chi connectivity index (χ0v) is 9.02. The average molecular weight is 220 g/mol. The minimum Gasteiger partial charge on any atom is -0.313 e. The molecule has 1 N–H and O–H groups in total. The van der Waals surface area contributed by atoms with Gasteiger partial charge < -0.3 is 5.32 Å². The van der Waals surface area contributed by atoms with E-state index in [-0.39, 0.29) is 0 Å². The first kappa shape index (κ1) is 11.2. The molecule has 0 aliphatic rings. The second kappa shape index (κ2) is 8.28. The highest BCUT2D eigenvalue weighted by Gasteiger charge is 1.97. The number of allylic oxidation sites excluding steroid dienone is 1. The van der Waals surface area contributed by atoms with Crippen LogP contribution in [0, 0.1) is 0 Å². The van der Waals surface area contributed by atoms with E-state index in [2.05, 4.69) is 40.3 Å². The molecule has 0 aromatic carbocycles. The average Bonchev–Trinajstić information content (AvgIpc) is 2.04.